The van der Waals surface area contributed by atoms with Gasteiger partial charge in [0, 0.05) is 33.0 Å². The van der Waals surface area contributed by atoms with E-state index in [-0.39, 0.29) is 5.92 Å². The molecule has 0 amide bonds. The van der Waals surface area contributed by atoms with Crippen LogP contribution in [0.2, 0.25) is 0 Å². The van der Waals surface area contributed by atoms with Crippen molar-refractivity contribution in [2.75, 3.05) is 30.9 Å². The summed E-state index contributed by atoms with van der Waals surface area (Å²) >= 11 is 0. The molecule has 0 aliphatic rings. The van der Waals surface area contributed by atoms with Gasteiger partial charge >= 0.3 is 0 Å². The Hall–Kier alpha value is -2.69. The van der Waals surface area contributed by atoms with Gasteiger partial charge < -0.3 is 10.2 Å². The summed E-state index contributed by atoms with van der Waals surface area (Å²) in [6, 6.07) is 2.19. The third kappa shape index (κ3) is 3.00. The third-order valence-corrected chi connectivity index (χ3v) is 2.68. The first-order valence-electron chi connectivity index (χ1n) is 6.17. The van der Waals surface area contributed by atoms with E-state index in [0.717, 1.165) is 0 Å². The van der Waals surface area contributed by atoms with Gasteiger partial charge in [-0.25, -0.2) is 4.98 Å². The summed E-state index contributed by atoms with van der Waals surface area (Å²) in [5.74, 6) is 1.35. The van der Waals surface area contributed by atoms with E-state index in [2.05, 4.69) is 31.3 Å². The topological polar surface area (TPSA) is 95.6 Å². The van der Waals surface area contributed by atoms with Crippen LogP contribution in [-0.4, -0.2) is 45.1 Å². The van der Waals surface area contributed by atoms with E-state index in [4.69, 9.17) is 5.26 Å². The van der Waals surface area contributed by atoms with Crippen molar-refractivity contribution in [3.63, 3.8) is 0 Å². The fourth-order valence-corrected chi connectivity index (χ4v) is 1.66. The van der Waals surface area contributed by atoms with Crippen molar-refractivity contribution in [3.05, 3.63) is 18.7 Å². The van der Waals surface area contributed by atoms with Crippen molar-refractivity contribution < 1.29 is 0 Å². The normalized spacial score (nSPS) is 11.7. The minimum atomic E-state index is -0.105. The molecule has 2 aromatic rings. The third-order valence-electron chi connectivity index (χ3n) is 2.68. The molecule has 1 N–H and O–H groups in total. The van der Waals surface area contributed by atoms with Crippen LogP contribution in [0.15, 0.2) is 18.7 Å². The Bertz CT molecular complexity index is 600. The van der Waals surface area contributed by atoms with Crippen molar-refractivity contribution in [1.82, 2.24) is 24.5 Å². The number of hydrogen-bond donors (Lipinski definition) is 1. The summed E-state index contributed by atoms with van der Waals surface area (Å²) in [6.45, 7) is 2.40. The van der Waals surface area contributed by atoms with Crippen molar-refractivity contribution in [2.24, 2.45) is 5.92 Å². The number of aromatic nitrogens is 5. The predicted molar refractivity (Wildman–Crippen MR) is 74.5 cm³/mol. The summed E-state index contributed by atoms with van der Waals surface area (Å²) in [4.78, 5) is 18.8. The molecule has 2 aromatic heterocycles. The SMILES string of the molecule is CNc1nc(N(C)CC(C)C#N)nc(-n2ccnc2)n1. The molecule has 0 spiro atoms. The number of rotatable bonds is 5. The Balaban J connectivity index is 2.34. The molecule has 2 rings (SSSR count). The molecular weight excluding hydrogens is 256 g/mol. The zero-order valence-corrected chi connectivity index (χ0v) is 11.6. The molecule has 0 fully saturated rings. The van der Waals surface area contributed by atoms with Crippen molar-refractivity contribution in [3.8, 4) is 12.0 Å². The highest BCUT2D eigenvalue weighted by atomic mass is 15.3. The standard InChI is InChI=1S/C12H16N8/c1-9(6-13)7-19(3)11-16-10(14-2)17-12(18-11)20-5-4-15-8-20/h4-5,8-9H,7H2,1-3H3,(H,14,16,17,18). The number of hydrogen-bond acceptors (Lipinski definition) is 7. The zero-order chi connectivity index (χ0) is 14.5. The van der Waals surface area contributed by atoms with Crippen LogP contribution in [0.4, 0.5) is 11.9 Å². The highest BCUT2D eigenvalue weighted by Crippen LogP contribution is 2.13. The van der Waals surface area contributed by atoms with Crippen LogP contribution >= 0.6 is 0 Å². The monoisotopic (exact) mass is 272 g/mol. The van der Waals surface area contributed by atoms with Crippen LogP contribution in [0.25, 0.3) is 5.95 Å². The Morgan fingerprint density at radius 1 is 1.45 bits per heavy atom. The minimum Gasteiger partial charge on any atom is -0.357 e. The van der Waals surface area contributed by atoms with Crippen molar-refractivity contribution >= 4 is 11.9 Å². The maximum Gasteiger partial charge on any atom is 0.241 e. The number of nitriles is 1. The Kier molecular flexibility index (Phi) is 4.10. The molecule has 0 aliphatic heterocycles. The van der Waals surface area contributed by atoms with Crippen LogP contribution in [0.5, 0.6) is 0 Å². The first kappa shape index (κ1) is 13.7. The van der Waals surface area contributed by atoms with Crippen molar-refractivity contribution in [2.45, 2.75) is 6.92 Å². The molecule has 0 saturated carbocycles. The average molecular weight is 272 g/mol. The Morgan fingerprint density at radius 2 is 2.25 bits per heavy atom. The lowest BCUT2D eigenvalue weighted by molar-refractivity contribution is 0.698. The first-order chi connectivity index (χ1) is 9.63. The van der Waals surface area contributed by atoms with E-state index in [9.17, 15) is 0 Å². The molecule has 20 heavy (non-hydrogen) atoms. The summed E-state index contributed by atoms with van der Waals surface area (Å²) in [6.07, 6.45) is 5.04. The van der Waals surface area contributed by atoms with Crippen LogP contribution in [-0.2, 0) is 0 Å². The van der Waals surface area contributed by atoms with Gasteiger partial charge in [0.15, 0.2) is 0 Å². The van der Waals surface area contributed by atoms with E-state index in [1.807, 2.05) is 18.9 Å². The highest BCUT2D eigenvalue weighted by Gasteiger charge is 2.13. The summed E-state index contributed by atoms with van der Waals surface area (Å²) in [7, 11) is 3.59. The van der Waals surface area contributed by atoms with Gasteiger partial charge in [-0.05, 0) is 6.92 Å². The highest BCUT2D eigenvalue weighted by molar-refractivity contribution is 5.39. The molecule has 104 valence electrons. The minimum absolute atomic E-state index is 0.105. The van der Waals surface area contributed by atoms with Gasteiger partial charge in [-0.3, -0.25) is 4.57 Å². The molecular formula is C12H16N8. The molecule has 0 aromatic carbocycles. The summed E-state index contributed by atoms with van der Waals surface area (Å²) in [5, 5.41) is 11.8. The molecule has 0 bridgehead atoms. The largest absolute Gasteiger partial charge is 0.357 e. The van der Waals surface area contributed by atoms with Crippen molar-refractivity contribution in [1.29, 1.82) is 5.26 Å². The number of nitrogens with one attached hydrogen (secondary N) is 1. The predicted octanol–water partition coefficient (Wildman–Crippen LogP) is 0.695. The summed E-state index contributed by atoms with van der Waals surface area (Å²) in [5.41, 5.74) is 0. The Labute approximate surface area is 117 Å². The van der Waals surface area contributed by atoms with Crippen LogP contribution in [0.3, 0.4) is 0 Å². The maximum absolute atomic E-state index is 8.88. The van der Waals surface area contributed by atoms with Gasteiger partial charge in [0.25, 0.3) is 0 Å². The molecule has 0 aliphatic carbocycles. The number of anilines is 2. The molecule has 2 heterocycles. The van der Waals surface area contributed by atoms with Crippen LogP contribution in [0.1, 0.15) is 6.92 Å². The fourth-order valence-electron chi connectivity index (χ4n) is 1.66. The summed E-state index contributed by atoms with van der Waals surface area (Å²) < 4.78 is 1.70. The number of nitrogens with zero attached hydrogens (tertiary/aromatic N) is 7. The second-order valence-corrected chi connectivity index (χ2v) is 4.39. The molecule has 0 saturated heterocycles. The molecule has 1 atom stereocenters. The van der Waals surface area contributed by atoms with E-state index >= 15 is 0 Å². The number of imidazole rings is 1. The smallest absolute Gasteiger partial charge is 0.241 e. The van der Waals surface area contributed by atoms with Gasteiger partial charge in [0.2, 0.25) is 17.8 Å². The molecule has 0 radical (unpaired) electrons. The fraction of sp³-hybridized carbons (Fsp3) is 0.417. The Morgan fingerprint density at radius 3 is 2.85 bits per heavy atom. The second-order valence-electron chi connectivity index (χ2n) is 4.39. The van der Waals surface area contributed by atoms with E-state index in [0.29, 0.717) is 24.4 Å². The average Bonchev–Trinajstić information content (AvgIpc) is 3.00. The quantitative estimate of drug-likeness (QED) is 0.855. The van der Waals surface area contributed by atoms with E-state index in [1.54, 1.807) is 30.3 Å². The van der Waals surface area contributed by atoms with E-state index in [1.165, 1.54) is 0 Å². The lowest BCUT2D eigenvalue weighted by Crippen LogP contribution is -2.26. The van der Waals surface area contributed by atoms with Gasteiger partial charge in [0.05, 0.1) is 12.0 Å². The zero-order valence-electron chi connectivity index (χ0n) is 11.6. The second kappa shape index (κ2) is 5.97. The lowest BCUT2D eigenvalue weighted by atomic mass is 10.2. The van der Waals surface area contributed by atoms with Gasteiger partial charge in [-0.15, -0.1) is 0 Å². The molecule has 1 unspecified atom stereocenters. The molecule has 8 nitrogen and oxygen atoms in total. The first-order valence-corrected chi connectivity index (χ1v) is 6.17. The maximum atomic E-state index is 8.88. The van der Waals surface area contributed by atoms with Gasteiger partial charge in [-0.1, -0.05) is 0 Å². The van der Waals surface area contributed by atoms with Crippen LogP contribution in [0, 0.1) is 17.2 Å². The molecule has 8 heteroatoms. The lowest BCUT2D eigenvalue weighted by Gasteiger charge is -2.19. The van der Waals surface area contributed by atoms with Gasteiger partial charge in [-0.2, -0.15) is 20.2 Å². The van der Waals surface area contributed by atoms with E-state index < -0.39 is 0 Å². The van der Waals surface area contributed by atoms with Crippen LogP contribution < -0.4 is 10.2 Å². The van der Waals surface area contributed by atoms with Gasteiger partial charge in [0.1, 0.15) is 6.33 Å².